The van der Waals surface area contributed by atoms with Crippen molar-refractivity contribution in [3.8, 4) is 0 Å². The third-order valence-electron chi connectivity index (χ3n) is 5.25. The van der Waals surface area contributed by atoms with Crippen LogP contribution < -0.4 is 4.90 Å². The van der Waals surface area contributed by atoms with Gasteiger partial charge in [-0.15, -0.1) is 0 Å². The number of fused-ring (bicyclic) bond motifs is 1. The summed E-state index contributed by atoms with van der Waals surface area (Å²) >= 11 is 0. The minimum atomic E-state index is -4.50. The number of nitrogens with zero attached hydrogens (tertiary/aromatic N) is 5. The van der Waals surface area contributed by atoms with Gasteiger partial charge in [-0.2, -0.15) is 13.2 Å². The summed E-state index contributed by atoms with van der Waals surface area (Å²) in [7, 11) is 0. The van der Waals surface area contributed by atoms with Crippen LogP contribution in [-0.4, -0.2) is 38.5 Å². The van der Waals surface area contributed by atoms with Gasteiger partial charge in [0.25, 0.3) is 5.92 Å². The minimum Gasteiger partial charge on any atom is -0.348 e. The average molecular weight is 439 g/mol. The van der Waals surface area contributed by atoms with Gasteiger partial charge in [-0.3, -0.25) is 0 Å². The van der Waals surface area contributed by atoms with Gasteiger partial charge in [0.05, 0.1) is 25.0 Å². The lowest BCUT2D eigenvalue weighted by Crippen LogP contribution is -2.27. The van der Waals surface area contributed by atoms with Gasteiger partial charge in [-0.25, -0.2) is 23.7 Å². The molecule has 0 amide bonds. The lowest BCUT2D eigenvalue weighted by atomic mass is 9.96. The van der Waals surface area contributed by atoms with Crippen LogP contribution in [0, 0.1) is 0 Å². The Labute approximate surface area is 175 Å². The highest BCUT2D eigenvalue weighted by Crippen LogP contribution is 2.35. The van der Waals surface area contributed by atoms with Crippen LogP contribution in [0.2, 0.25) is 0 Å². The maximum absolute atomic E-state index is 13.8. The van der Waals surface area contributed by atoms with E-state index in [-0.39, 0.29) is 30.9 Å². The van der Waals surface area contributed by atoms with Crippen molar-refractivity contribution in [1.82, 2.24) is 19.5 Å². The van der Waals surface area contributed by atoms with Crippen molar-refractivity contribution in [2.24, 2.45) is 0 Å². The second-order valence-electron chi connectivity index (χ2n) is 8.85. The summed E-state index contributed by atoms with van der Waals surface area (Å²) in [5.74, 6) is -2.13. The monoisotopic (exact) mass is 439 g/mol. The van der Waals surface area contributed by atoms with E-state index in [9.17, 15) is 22.0 Å². The molecular weight excluding hydrogens is 417 g/mol. The Morgan fingerprint density at radius 3 is 2.39 bits per heavy atom. The quantitative estimate of drug-likeness (QED) is 0.537. The second-order valence-corrected chi connectivity index (χ2v) is 8.85. The SMILES string of the molecule is CC(C)(C)c1nc(N2CCC(F)(F)C2)c2ncn(Cc3ccccc3C(F)(F)F)c2n1. The molecule has 1 aromatic carbocycles. The van der Waals surface area contributed by atoms with Crippen LogP contribution in [0.25, 0.3) is 11.2 Å². The fraction of sp³-hybridized carbons (Fsp3) is 0.476. The van der Waals surface area contributed by atoms with Crippen LogP contribution in [-0.2, 0) is 18.1 Å². The summed E-state index contributed by atoms with van der Waals surface area (Å²) in [6.07, 6.45) is -3.40. The van der Waals surface area contributed by atoms with E-state index < -0.39 is 29.6 Å². The van der Waals surface area contributed by atoms with E-state index in [1.807, 2.05) is 20.8 Å². The molecule has 0 bridgehead atoms. The third kappa shape index (κ3) is 4.20. The van der Waals surface area contributed by atoms with Gasteiger partial charge >= 0.3 is 6.18 Å². The van der Waals surface area contributed by atoms with Crippen molar-refractivity contribution in [2.45, 2.75) is 51.3 Å². The maximum Gasteiger partial charge on any atom is 0.416 e. The molecule has 4 rings (SSSR count). The number of imidazole rings is 1. The number of aromatic nitrogens is 4. The second kappa shape index (κ2) is 7.13. The molecule has 0 radical (unpaired) electrons. The summed E-state index contributed by atoms with van der Waals surface area (Å²) < 4.78 is 69.5. The molecule has 5 nitrogen and oxygen atoms in total. The van der Waals surface area contributed by atoms with Gasteiger partial charge in [0.2, 0.25) is 0 Å². The van der Waals surface area contributed by atoms with E-state index in [1.54, 1.807) is 0 Å². The molecular formula is C21H22F5N5. The molecule has 0 N–H and O–H groups in total. The molecule has 10 heteroatoms. The van der Waals surface area contributed by atoms with Crippen LogP contribution in [0.15, 0.2) is 30.6 Å². The Kier molecular flexibility index (Phi) is 4.94. The smallest absolute Gasteiger partial charge is 0.348 e. The topological polar surface area (TPSA) is 46.8 Å². The van der Waals surface area contributed by atoms with Crippen molar-refractivity contribution in [1.29, 1.82) is 0 Å². The van der Waals surface area contributed by atoms with Crippen LogP contribution in [0.5, 0.6) is 0 Å². The zero-order valence-corrected chi connectivity index (χ0v) is 17.3. The van der Waals surface area contributed by atoms with Gasteiger partial charge in [-0.05, 0) is 11.6 Å². The summed E-state index contributed by atoms with van der Waals surface area (Å²) in [6, 6.07) is 5.31. The highest BCUT2D eigenvalue weighted by molar-refractivity contribution is 5.84. The number of hydrogen-bond acceptors (Lipinski definition) is 4. The van der Waals surface area contributed by atoms with Crippen LogP contribution in [0.3, 0.4) is 0 Å². The third-order valence-corrected chi connectivity index (χ3v) is 5.25. The molecule has 3 heterocycles. The Hall–Kier alpha value is -2.78. The van der Waals surface area contributed by atoms with E-state index in [1.165, 1.54) is 34.0 Å². The zero-order chi connectivity index (χ0) is 22.6. The summed E-state index contributed by atoms with van der Waals surface area (Å²) in [6.45, 7) is 5.18. The number of hydrogen-bond donors (Lipinski definition) is 0. The highest BCUT2D eigenvalue weighted by atomic mass is 19.4. The predicted molar refractivity (Wildman–Crippen MR) is 106 cm³/mol. The van der Waals surface area contributed by atoms with Gasteiger partial charge in [-0.1, -0.05) is 39.0 Å². The highest BCUT2D eigenvalue weighted by Gasteiger charge is 2.40. The van der Waals surface area contributed by atoms with Crippen molar-refractivity contribution in [2.75, 3.05) is 18.0 Å². The molecule has 0 aliphatic carbocycles. The van der Waals surface area contributed by atoms with Crippen molar-refractivity contribution >= 4 is 17.0 Å². The molecule has 0 spiro atoms. The molecule has 0 unspecified atom stereocenters. The number of rotatable bonds is 3. The normalized spacial score (nSPS) is 17.0. The number of alkyl halides is 5. The van der Waals surface area contributed by atoms with E-state index in [0.29, 0.717) is 17.0 Å². The van der Waals surface area contributed by atoms with E-state index in [2.05, 4.69) is 15.0 Å². The lowest BCUT2D eigenvalue weighted by Gasteiger charge is -2.22. The van der Waals surface area contributed by atoms with E-state index >= 15 is 0 Å². The Balaban J connectivity index is 1.83. The Bertz CT molecular complexity index is 1110. The first-order chi connectivity index (χ1) is 14.4. The Morgan fingerprint density at radius 2 is 1.77 bits per heavy atom. The van der Waals surface area contributed by atoms with Crippen molar-refractivity contribution in [3.63, 3.8) is 0 Å². The molecule has 0 atom stereocenters. The molecule has 3 aromatic rings. The average Bonchev–Trinajstić information content (AvgIpc) is 3.23. The van der Waals surface area contributed by atoms with Crippen LogP contribution in [0.1, 0.15) is 44.1 Å². The Morgan fingerprint density at radius 1 is 1.06 bits per heavy atom. The predicted octanol–water partition coefficient (Wildman–Crippen LogP) is 5.04. The van der Waals surface area contributed by atoms with Crippen LogP contribution in [0.4, 0.5) is 27.8 Å². The number of benzene rings is 1. The molecule has 1 aliphatic rings. The van der Waals surface area contributed by atoms with Crippen molar-refractivity contribution in [3.05, 3.63) is 47.5 Å². The first-order valence-corrected chi connectivity index (χ1v) is 9.86. The van der Waals surface area contributed by atoms with Gasteiger partial charge < -0.3 is 9.47 Å². The van der Waals surface area contributed by atoms with E-state index in [0.717, 1.165) is 6.07 Å². The molecule has 1 fully saturated rings. The molecule has 0 saturated carbocycles. The molecule has 1 saturated heterocycles. The summed E-state index contributed by atoms with van der Waals surface area (Å²) in [4.78, 5) is 14.8. The standard InChI is InChI=1S/C21H22F5N5/c1-19(2,3)18-28-16(30-9-8-20(22,23)11-30)15-17(29-18)31(12-27-15)10-13-6-4-5-7-14(13)21(24,25)26/h4-7,12H,8-11H2,1-3H3. The summed E-state index contributed by atoms with van der Waals surface area (Å²) in [5.41, 5.74) is -0.539. The van der Waals surface area contributed by atoms with Crippen LogP contribution >= 0.6 is 0 Å². The van der Waals surface area contributed by atoms with Gasteiger partial charge in [0.15, 0.2) is 17.0 Å². The molecule has 166 valence electrons. The van der Waals surface area contributed by atoms with E-state index in [4.69, 9.17) is 0 Å². The first kappa shape index (κ1) is 21.5. The number of anilines is 1. The molecule has 1 aliphatic heterocycles. The maximum atomic E-state index is 13.8. The number of halogens is 5. The van der Waals surface area contributed by atoms with Gasteiger partial charge in [0, 0.05) is 18.4 Å². The molecule has 31 heavy (non-hydrogen) atoms. The zero-order valence-electron chi connectivity index (χ0n) is 17.3. The first-order valence-electron chi connectivity index (χ1n) is 9.86. The fourth-order valence-corrected chi connectivity index (χ4v) is 3.64. The minimum absolute atomic E-state index is 0.0690. The lowest BCUT2D eigenvalue weighted by molar-refractivity contribution is -0.138. The summed E-state index contributed by atoms with van der Waals surface area (Å²) in [5, 5.41) is 0. The fourth-order valence-electron chi connectivity index (χ4n) is 3.64. The largest absolute Gasteiger partial charge is 0.416 e. The van der Waals surface area contributed by atoms with Crippen molar-refractivity contribution < 1.29 is 22.0 Å². The van der Waals surface area contributed by atoms with Gasteiger partial charge in [0.1, 0.15) is 5.82 Å². The molecule has 2 aromatic heterocycles.